The van der Waals surface area contributed by atoms with Gasteiger partial charge in [0.25, 0.3) is 0 Å². The Morgan fingerprint density at radius 1 is 1.25 bits per heavy atom. The SMILES string of the molecule is CCNCC1(CN(CCO)C2CCC2)CCCC(C)C1. The lowest BCUT2D eigenvalue weighted by molar-refractivity contribution is 0.0249. The van der Waals surface area contributed by atoms with Gasteiger partial charge in [-0.1, -0.05) is 33.1 Å². The van der Waals surface area contributed by atoms with E-state index in [-0.39, 0.29) is 0 Å². The van der Waals surface area contributed by atoms with Gasteiger partial charge in [-0.05, 0) is 43.6 Å². The van der Waals surface area contributed by atoms with Gasteiger partial charge in [0.2, 0.25) is 0 Å². The van der Waals surface area contributed by atoms with Crippen LogP contribution in [0.1, 0.15) is 58.8 Å². The van der Waals surface area contributed by atoms with Crippen LogP contribution in [0.15, 0.2) is 0 Å². The van der Waals surface area contributed by atoms with E-state index < -0.39 is 0 Å². The fraction of sp³-hybridized carbons (Fsp3) is 1.00. The Hall–Kier alpha value is -0.120. The molecule has 118 valence electrons. The second kappa shape index (κ2) is 7.77. The first-order valence-corrected chi connectivity index (χ1v) is 8.75. The molecular formula is C17H34N2O. The monoisotopic (exact) mass is 282 g/mol. The number of nitrogens with zero attached hydrogens (tertiary/aromatic N) is 1. The van der Waals surface area contributed by atoms with Gasteiger partial charge in [0, 0.05) is 25.7 Å². The Morgan fingerprint density at radius 2 is 2.05 bits per heavy atom. The number of rotatable bonds is 8. The molecule has 0 aromatic carbocycles. The average molecular weight is 282 g/mol. The lowest BCUT2D eigenvalue weighted by Gasteiger charge is -2.47. The summed E-state index contributed by atoms with van der Waals surface area (Å²) < 4.78 is 0. The zero-order valence-electron chi connectivity index (χ0n) is 13.5. The maximum atomic E-state index is 9.39. The average Bonchev–Trinajstić information content (AvgIpc) is 2.35. The van der Waals surface area contributed by atoms with Gasteiger partial charge in [0.15, 0.2) is 0 Å². The molecule has 0 bridgehead atoms. The summed E-state index contributed by atoms with van der Waals surface area (Å²) in [4.78, 5) is 2.60. The van der Waals surface area contributed by atoms with Gasteiger partial charge in [-0.15, -0.1) is 0 Å². The van der Waals surface area contributed by atoms with Crippen LogP contribution in [-0.2, 0) is 0 Å². The van der Waals surface area contributed by atoms with Crippen molar-refractivity contribution >= 4 is 0 Å². The molecule has 2 N–H and O–H groups in total. The molecule has 2 unspecified atom stereocenters. The molecule has 0 amide bonds. The molecule has 2 atom stereocenters. The first kappa shape index (κ1) is 16.3. The second-order valence-corrected chi connectivity index (χ2v) is 7.26. The molecule has 0 saturated heterocycles. The lowest BCUT2D eigenvalue weighted by Crippen LogP contribution is -2.52. The van der Waals surface area contributed by atoms with Crippen molar-refractivity contribution in [3.63, 3.8) is 0 Å². The molecule has 3 heteroatoms. The minimum atomic E-state index is 0.309. The standard InChI is InChI=1S/C17H34N2O/c1-3-18-13-17(9-5-6-15(2)12-17)14-19(10-11-20)16-7-4-8-16/h15-16,18,20H,3-14H2,1-2H3. The van der Waals surface area contributed by atoms with Crippen molar-refractivity contribution in [1.82, 2.24) is 10.2 Å². The fourth-order valence-electron chi connectivity index (χ4n) is 4.22. The highest BCUT2D eigenvalue weighted by Gasteiger charge is 2.38. The third-order valence-electron chi connectivity index (χ3n) is 5.45. The summed E-state index contributed by atoms with van der Waals surface area (Å²) in [7, 11) is 0. The summed E-state index contributed by atoms with van der Waals surface area (Å²) in [6.45, 7) is 9.21. The topological polar surface area (TPSA) is 35.5 Å². The van der Waals surface area contributed by atoms with Gasteiger partial charge in [-0.3, -0.25) is 4.90 Å². The van der Waals surface area contributed by atoms with Crippen LogP contribution in [-0.4, -0.2) is 48.8 Å². The summed E-state index contributed by atoms with van der Waals surface area (Å²) in [6.07, 6.45) is 9.55. The fourth-order valence-corrected chi connectivity index (χ4v) is 4.22. The highest BCUT2D eigenvalue weighted by Crippen LogP contribution is 2.41. The Labute approximate surface area is 125 Å². The normalized spacial score (nSPS) is 31.5. The van der Waals surface area contributed by atoms with Crippen LogP contribution in [0.5, 0.6) is 0 Å². The zero-order valence-corrected chi connectivity index (χ0v) is 13.5. The summed E-state index contributed by atoms with van der Waals surface area (Å²) >= 11 is 0. The molecule has 0 aromatic heterocycles. The molecule has 0 radical (unpaired) electrons. The van der Waals surface area contributed by atoms with Crippen LogP contribution in [0.2, 0.25) is 0 Å². The maximum absolute atomic E-state index is 9.39. The van der Waals surface area contributed by atoms with E-state index in [1.807, 2.05) is 0 Å². The third kappa shape index (κ3) is 4.19. The van der Waals surface area contributed by atoms with Crippen molar-refractivity contribution < 1.29 is 5.11 Å². The van der Waals surface area contributed by atoms with Gasteiger partial charge >= 0.3 is 0 Å². The van der Waals surface area contributed by atoms with E-state index in [0.717, 1.165) is 31.6 Å². The Kier molecular flexibility index (Phi) is 6.31. The predicted octanol–water partition coefficient (Wildman–Crippen LogP) is 2.64. The van der Waals surface area contributed by atoms with E-state index in [1.165, 1.54) is 51.5 Å². The van der Waals surface area contributed by atoms with E-state index in [1.54, 1.807) is 0 Å². The second-order valence-electron chi connectivity index (χ2n) is 7.26. The summed E-state index contributed by atoms with van der Waals surface area (Å²) in [6, 6.07) is 0.748. The molecular weight excluding hydrogens is 248 g/mol. The number of aliphatic hydroxyl groups excluding tert-OH is 1. The van der Waals surface area contributed by atoms with Gasteiger partial charge in [0.05, 0.1) is 6.61 Å². The molecule has 0 heterocycles. The van der Waals surface area contributed by atoms with Crippen molar-refractivity contribution in [2.24, 2.45) is 11.3 Å². The molecule has 3 nitrogen and oxygen atoms in total. The van der Waals surface area contributed by atoms with Crippen LogP contribution >= 0.6 is 0 Å². The van der Waals surface area contributed by atoms with Crippen LogP contribution < -0.4 is 5.32 Å². The number of aliphatic hydroxyl groups is 1. The molecule has 20 heavy (non-hydrogen) atoms. The molecule has 2 rings (SSSR count). The van der Waals surface area contributed by atoms with Crippen LogP contribution in [0, 0.1) is 11.3 Å². The van der Waals surface area contributed by atoms with Gasteiger partial charge < -0.3 is 10.4 Å². The van der Waals surface area contributed by atoms with E-state index in [4.69, 9.17) is 0 Å². The van der Waals surface area contributed by atoms with Crippen molar-refractivity contribution in [2.45, 2.75) is 64.8 Å². The quantitative estimate of drug-likeness (QED) is 0.718. The number of hydrogen-bond donors (Lipinski definition) is 2. The zero-order chi connectivity index (χ0) is 14.4. The van der Waals surface area contributed by atoms with Gasteiger partial charge in [-0.2, -0.15) is 0 Å². The van der Waals surface area contributed by atoms with E-state index in [2.05, 4.69) is 24.1 Å². The molecule has 0 spiro atoms. The van der Waals surface area contributed by atoms with Crippen molar-refractivity contribution in [3.05, 3.63) is 0 Å². The van der Waals surface area contributed by atoms with E-state index in [9.17, 15) is 5.11 Å². The predicted molar refractivity (Wildman–Crippen MR) is 84.9 cm³/mol. The maximum Gasteiger partial charge on any atom is 0.0558 e. The Bertz CT molecular complexity index is 280. The van der Waals surface area contributed by atoms with Crippen LogP contribution in [0.3, 0.4) is 0 Å². The van der Waals surface area contributed by atoms with Gasteiger partial charge in [0.1, 0.15) is 0 Å². The first-order valence-electron chi connectivity index (χ1n) is 8.75. The lowest BCUT2D eigenvalue weighted by atomic mass is 9.69. The summed E-state index contributed by atoms with van der Waals surface area (Å²) in [5, 5.41) is 13.0. The first-order chi connectivity index (χ1) is 9.69. The highest BCUT2D eigenvalue weighted by atomic mass is 16.3. The molecule has 2 saturated carbocycles. The number of hydrogen-bond acceptors (Lipinski definition) is 3. The Morgan fingerprint density at radius 3 is 2.60 bits per heavy atom. The molecule has 2 aliphatic carbocycles. The largest absolute Gasteiger partial charge is 0.395 e. The molecule has 0 aliphatic heterocycles. The number of nitrogens with one attached hydrogen (secondary N) is 1. The highest BCUT2D eigenvalue weighted by molar-refractivity contribution is 4.92. The van der Waals surface area contributed by atoms with Crippen molar-refractivity contribution in [1.29, 1.82) is 0 Å². The summed E-state index contributed by atoms with van der Waals surface area (Å²) in [5.74, 6) is 0.861. The van der Waals surface area contributed by atoms with Crippen molar-refractivity contribution in [3.8, 4) is 0 Å². The van der Waals surface area contributed by atoms with E-state index >= 15 is 0 Å². The van der Waals surface area contributed by atoms with Crippen LogP contribution in [0.25, 0.3) is 0 Å². The Balaban J connectivity index is 2.00. The minimum Gasteiger partial charge on any atom is -0.395 e. The summed E-state index contributed by atoms with van der Waals surface area (Å²) in [5.41, 5.74) is 0.443. The molecule has 2 fully saturated rings. The van der Waals surface area contributed by atoms with Crippen molar-refractivity contribution in [2.75, 3.05) is 32.8 Å². The smallest absolute Gasteiger partial charge is 0.0558 e. The molecule has 0 aromatic rings. The van der Waals surface area contributed by atoms with Gasteiger partial charge in [-0.25, -0.2) is 0 Å². The third-order valence-corrected chi connectivity index (χ3v) is 5.45. The molecule has 2 aliphatic rings. The minimum absolute atomic E-state index is 0.309. The van der Waals surface area contributed by atoms with Crippen LogP contribution in [0.4, 0.5) is 0 Å². The van der Waals surface area contributed by atoms with E-state index in [0.29, 0.717) is 12.0 Å².